The van der Waals surface area contributed by atoms with E-state index >= 15 is 0 Å². The molecule has 2 unspecified atom stereocenters. The lowest BCUT2D eigenvalue weighted by Gasteiger charge is -2.23. The first-order valence-electron chi connectivity index (χ1n) is 7.19. The fourth-order valence-corrected chi connectivity index (χ4v) is 3.53. The van der Waals surface area contributed by atoms with E-state index in [9.17, 15) is 0 Å². The number of aryl methyl sites for hydroxylation is 1. The van der Waals surface area contributed by atoms with Gasteiger partial charge in [0.2, 0.25) is 0 Å². The minimum absolute atomic E-state index is 0.0200. The van der Waals surface area contributed by atoms with Gasteiger partial charge >= 0.3 is 0 Å². The van der Waals surface area contributed by atoms with Gasteiger partial charge in [0.25, 0.3) is 6.02 Å². The molecular weight excluding hydrogens is 264 g/mol. The summed E-state index contributed by atoms with van der Waals surface area (Å²) in [5, 5.41) is 4.28. The minimum Gasteiger partial charge on any atom is -0.460 e. The molecule has 2 aliphatic rings. The summed E-state index contributed by atoms with van der Waals surface area (Å²) >= 11 is 0. The molecule has 2 N–H and O–H groups in total. The molecule has 21 heavy (non-hydrogen) atoms. The van der Waals surface area contributed by atoms with Gasteiger partial charge in [0, 0.05) is 31.6 Å². The van der Waals surface area contributed by atoms with E-state index < -0.39 is 0 Å². The Morgan fingerprint density at radius 2 is 2.24 bits per heavy atom. The van der Waals surface area contributed by atoms with Gasteiger partial charge in [0.05, 0.1) is 6.20 Å². The monoisotopic (exact) mass is 282 g/mol. The van der Waals surface area contributed by atoms with Crippen molar-refractivity contribution in [3.8, 4) is 11.1 Å². The number of rotatable bonds is 1. The van der Waals surface area contributed by atoms with Gasteiger partial charge in [-0.2, -0.15) is 5.10 Å². The first-order chi connectivity index (χ1) is 10.1. The van der Waals surface area contributed by atoms with E-state index in [-0.39, 0.29) is 11.6 Å². The van der Waals surface area contributed by atoms with Crippen LogP contribution in [0.15, 0.2) is 35.6 Å². The maximum absolute atomic E-state index is 5.78. The van der Waals surface area contributed by atoms with Crippen molar-refractivity contribution in [3.63, 3.8) is 0 Å². The van der Waals surface area contributed by atoms with Gasteiger partial charge < -0.3 is 10.5 Å². The van der Waals surface area contributed by atoms with Crippen LogP contribution in [0, 0.1) is 0 Å². The Bertz CT molecular complexity index is 748. The number of hydrogen-bond donors (Lipinski definition) is 1. The van der Waals surface area contributed by atoms with Crippen LogP contribution in [0.1, 0.15) is 18.1 Å². The van der Waals surface area contributed by atoms with Crippen molar-refractivity contribution in [2.24, 2.45) is 17.8 Å². The molecule has 5 nitrogen and oxygen atoms in total. The van der Waals surface area contributed by atoms with Crippen LogP contribution < -0.4 is 5.73 Å². The summed E-state index contributed by atoms with van der Waals surface area (Å²) in [5.41, 5.74) is 10.6. The third-order valence-corrected chi connectivity index (χ3v) is 4.66. The quantitative estimate of drug-likeness (QED) is 0.865. The third kappa shape index (κ3) is 1.77. The summed E-state index contributed by atoms with van der Waals surface area (Å²) in [4.78, 5) is 4.61. The molecule has 5 heteroatoms. The Morgan fingerprint density at radius 3 is 2.90 bits per heavy atom. The van der Waals surface area contributed by atoms with Gasteiger partial charge in [-0.1, -0.05) is 18.2 Å². The Balaban J connectivity index is 1.80. The summed E-state index contributed by atoms with van der Waals surface area (Å²) < 4.78 is 7.42. The van der Waals surface area contributed by atoms with Gasteiger partial charge in [-0.05, 0) is 23.6 Å². The molecule has 1 aliphatic heterocycles. The predicted octanol–water partition coefficient (Wildman–Crippen LogP) is 1.66. The van der Waals surface area contributed by atoms with Gasteiger partial charge in [-0.25, -0.2) is 4.99 Å². The van der Waals surface area contributed by atoms with Crippen LogP contribution >= 0.6 is 0 Å². The van der Waals surface area contributed by atoms with E-state index in [2.05, 4.69) is 35.2 Å². The second-order valence-electron chi connectivity index (χ2n) is 6.01. The van der Waals surface area contributed by atoms with Crippen LogP contribution in [0.25, 0.3) is 11.1 Å². The molecule has 1 aromatic heterocycles. The zero-order valence-electron chi connectivity index (χ0n) is 12.2. The summed E-state index contributed by atoms with van der Waals surface area (Å²) in [6, 6.07) is 6.76. The molecule has 0 bridgehead atoms. The van der Waals surface area contributed by atoms with Crippen molar-refractivity contribution in [2.45, 2.75) is 31.4 Å². The van der Waals surface area contributed by atoms with Crippen molar-refractivity contribution in [2.75, 3.05) is 0 Å². The molecule has 0 amide bonds. The van der Waals surface area contributed by atoms with E-state index in [1.807, 2.05) is 24.1 Å². The average molecular weight is 282 g/mol. The number of benzene rings is 1. The van der Waals surface area contributed by atoms with Gasteiger partial charge in [-0.15, -0.1) is 0 Å². The molecular formula is C16H18N4O. The molecule has 0 fully saturated rings. The number of fused-ring (bicyclic) bond motifs is 1. The summed E-state index contributed by atoms with van der Waals surface area (Å²) in [6.45, 7) is 2.05. The maximum Gasteiger partial charge on any atom is 0.282 e. The topological polar surface area (TPSA) is 65.4 Å². The summed E-state index contributed by atoms with van der Waals surface area (Å²) in [5.74, 6) is 0. The molecule has 1 spiro atoms. The predicted molar refractivity (Wildman–Crippen MR) is 81.0 cm³/mol. The summed E-state index contributed by atoms with van der Waals surface area (Å²) in [7, 11) is 1.94. The zero-order chi connectivity index (χ0) is 14.6. The van der Waals surface area contributed by atoms with E-state index in [1.165, 1.54) is 16.7 Å². The standard InChI is InChI=1S/C16H18N4O/c1-10-16(19-15(17)21-10)6-11-4-3-5-13(14(11)7-16)12-8-18-20(2)9-12/h3-5,8-10H,6-7H2,1-2H3,(H2,17,19). The van der Waals surface area contributed by atoms with E-state index in [0.717, 1.165) is 18.4 Å². The van der Waals surface area contributed by atoms with Crippen LogP contribution in [-0.2, 0) is 24.6 Å². The fraction of sp³-hybridized carbons (Fsp3) is 0.375. The Hall–Kier alpha value is -2.30. The van der Waals surface area contributed by atoms with Crippen LogP contribution in [0.4, 0.5) is 0 Å². The number of hydrogen-bond acceptors (Lipinski definition) is 4. The van der Waals surface area contributed by atoms with Gasteiger partial charge in [0.15, 0.2) is 0 Å². The smallest absolute Gasteiger partial charge is 0.282 e. The minimum atomic E-state index is -0.231. The molecule has 0 saturated carbocycles. The molecule has 2 heterocycles. The molecule has 108 valence electrons. The Kier molecular flexibility index (Phi) is 2.43. The second kappa shape index (κ2) is 4.10. The van der Waals surface area contributed by atoms with Crippen LogP contribution in [0.2, 0.25) is 0 Å². The van der Waals surface area contributed by atoms with Crippen molar-refractivity contribution in [3.05, 3.63) is 41.7 Å². The van der Waals surface area contributed by atoms with Crippen LogP contribution in [0.3, 0.4) is 0 Å². The van der Waals surface area contributed by atoms with E-state index in [0.29, 0.717) is 6.02 Å². The molecule has 1 aliphatic carbocycles. The Labute approximate surface area is 123 Å². The number of aliphatic imine (C=N–C) groups is 1. The lowest BCUT2D eigenvalue weighted by molar-refractivity contribution is 0.157. The van der Waals surface area contributed by atoms with Crippen molar-refractivity contribution in [1.29, 1.82) is 0 Å². The molecule has 4 rings (SSSR count). The maximum atomic E-state index is 5.78. The molecule has 0 radical (unpaired) electrons. The Morgan fingerprint density at radius 1 is 1.38 bits per heavy atom. The highest BCUT2D eigenvalue weighted by Crippen LogP contribution is 2.43. The number of amidine groups is 1. The summed E-state index contributed by atoms with van der Waals surface area (Å²) in [6.07, 6.45) is 5.74. The SMILES string of the molecule is CC1OC(N)=NC12Cc1cccc(-c3cnn(C)c3)c1C2. The van der Waals surface area contributed by atoms with Gasteiger partial charge in [0.1, 0.15) is 11.6 Å². The van der Waals surface area contributed by atoms with Crippen molar-refractivity contribution < 1.29 is 4.74 Å². The van der Waals surface area contributed by atoms with Gasteiger partial charge in [-0.3, -0.25) is 4.68 Å². The first kappa shape index (κ1) is 12.4. The molecule has 2 atom stereocenters. The lowest BCUT2D eigenvalue weighted by Crippen LogP contribution is -2.36. The number of nitrogens with two attached hydrogens (primary N) is 1. The average Bonchev–Trinajstić information content (AvgIpc) is 3.08. The zero-order valence-corrected chi connectivity index (χ0v) is 12.2. The van der Waals surface area contributed by atoms with Crippen LogP contribution in [0.5, 0.6) is 0 Å². The normalized spacial score (nSPS) is 26.8. The first-order valence-corrected chi connectivity index (χ1v) is 7.19. The van der Waals surface area contributed by atoms with E-state index in [1.54, 1.807) is 0 Å². The fourth-order valence-electron chi connectivity index (χ4n) is 3.53. The lowest BCUT2D eigenvalue weighted by atomic mass is 9.90. The highest BCUT2D eigenvalue weighted by molar-refractivity contribution is 5.76. The van der Waals surface area contributed by atoms with Crippen molar-refractivity contribution >= 4 is 6.02 Å². The number of nitrogens with zero attached hydrogens (tertiary/aromatic N) is 3. The van der Waals surface area contributed by atoms with Crippen molar-refractivity contribution in [1.82, 2.24) is 9.78 Å². The highest BCUT2D eigenvalue weighted by Gasteiger charge is 2.48. The largest absolute Gasteiger partial charge is 0.460 e. The van der Waals surface area contributed by atoms with Crippen LogP contribution in [-0.4, -0.2) is 27.4 Å². The highest BCUT2D eigenvalue weighted by atomic mass is 16.5. The number of aromatic nitrogens is 2. The third-order valence-electron chi connectivity index (χ3n) is 4.66. The second-order valence-corrected chi connectivity index (χ2v) is 6.01. The number of ether oxygens (including phenoxy) is 1. The molecule has 1 aromatic carbocycles. The molecule has 2 aromatic rings. The van der Waals surface area contributed by atoms with E-state index in [4.69, 9.17) is 10.5 Å². The molecule has 0 saturated heterocycles.